The van der Waals surface area contributed by atoms with Crippen LogP contribution in [0.15, 0.2) is 45.7 Å². The fourth-order valence-electron chi connectivity index (χ4n) is 3.44. The molecule has 0 aliphatic heterocycles. The smallest absolute Gasteiger partial charge is 0.379 e. The Labute approximate surface area is 219 Å². The highest BCUT2D eigenvalue weighted by Gasteiger charge is 2.25. The molecular formula is C23H24N6O8S. The van der Waals surface area contributed by atoms with Crippen LogP contribution in [0.2, 0.25) is 0 Å². The van der Waals surface area contributed by atoms with Gasteiger partial charge in [0, 0.05) is 18.7 Å². The third-order valence-electron chi connectivity index (χ3n) is 5.10. The van der Waals surface area contributed by atoms with Crippen LogP contribution in [-0.4, -0.2) is 71.6 Å². The summed E-state index contributed by atoms with van der Waals surface area (Å²) in [4.78, 5) is 26.1. The van der Waals surface area contributed by atoms with Crippen molar-refractivity contribution in [2.45, 2.75) is 6.10 Å². The average Bonchev–Trinajstić information content (AvgIpc) is 3.55. The minimum absolute atomic E-state index is 0.0207. The summed E-state index contributed by atoms with van der Waals surface area (Å²) in [7, 11) is 4.31. The second-order valence-electron chi connectivity index (χ2n) is 7.61. The van der Waals surface area contributed by atoms with Gasteiger partial charge in [0.2, 0.25) is 16.0 Å². The zero-order valence-electron chi connectivity index (χ0n) is 20.5. The van der Waals surface area contributed by atoms with E-state index in [1.54, 1.807) is 24.3 Å². The number of hydrogen-bond donors (Lipinski definition) is 3. The fourth-order valence-corrected chi connectivity index (χ4v) is 4.16. The zero-order valence-corrected chi connectivity index (χ0v) is 21.4. The molecule has 0 radical (unpaired) electrons. The molecule has 14 nitrogen and oxygen atoms in total. The minimum Gasteiger partial charge on any atom is -0.496 e. The van der Waals surface area contributed by atoms with Gasteiger partial charge in [0.25, 0.3) is 5.91 Å². The van der Waals surface area contributed by atoms with E-state index in [2.05, 4.69) is 20.6 Å². The van der Waals surface area contributed by atoms with E-state index in [1.807, 2.05) is 0 Å². The molecule has 4 rings (SSSR count). The molecule has 4 aromatic rings. The number of aliphatic hydroxyl groups excluding tert-OH is 1. The van der Waals surface area contributed by atoms with Gasteiger partial charge >= 0.3 is 5.63 Å². The molecule has 3 heterocycles. The maximum Gasteiger partial charge on any atom is 0.379 e. The number of methoxy groups -OCH3 is 3. The highest BCUT2D eigenvalue weighted by molar-refractivity contribution is 7.17. The van der Waals surface area contributed by atoms with E-state index in [9.17, 15) is 14.7 Å². The molecule has 0 saturated carbocycles. The number of carbonyl (C=O) groups is 1. The lowest BCUT2D eigenvalue weighted by Crippen LogP contribution is -2.25. The minimum atomic E-state index is -1.02. The van der Waals surface area contributed by atoms with Gasteiger partial charge in [-0.05, 0) is 18.2 Å². The van der Waals surface area contributed by atoms with E-state index in [0.29, 0.717) is 28.0 Å². The molecule has 0 spiro atoms. The molecule has 3 aromatic heterocycles. The van der Waals surface area contributed by atoms with Crippen molar-refractivity contribution in [3.05, 3.63) is 52.7 Å². The number of nitrogens with two attached hydrogens (primary N) is 1. The van der Waals surface area contributed by atoms with E-state index in [4.69, 9.17) is 29.1 Å². The first-order valence-corrected chi connectivity index (χ1v) is 11.8. The number of nitrogens with one attached hydrogen (secondary N) is 1. The Morgan fingerprint density at radius 1 is 1.18 bits per heavy atom. The Kier molecular flexibility index (Phi) is 8.20. The van der Waals surface area contributed by atoms with Gasteiger partial charge in [0.1, 0.15) is 30.0 Å². The van der Waals surface area contributed by atoms with Gasteiger partial charge in [-0.1, -0.05) is 17.4 Å². The Balaban J connectivity index is 1.73. The van der Waals surface area contributed by atoms with Gasteiger partial charge < -0.3 is 34.2 Å². The number of rotatable bonds is 11. The van der Waals surface area contributed by atoms with E-state index < -0.39 is 17.6 Å². The Hall–Kier alpha value is -4.47. The van der Waals surface area contributed by atoms with Gasteiger partial charge in [0.15, 0.2) is 5.76 Å². The van der Waals surface area contributed by atoms with Crippen molar-refractivity contribution in [1.82, 2.24) is 20.0 Å². The molecule has 1 atom stereocenters. The Morgan fingerprint density at radius 3 is 2.55 bits per heavy atom. The van der Waals surface area contributed by atoms with Crippen molar-refractivity contribution in [2.75, 3.05) is 45.6 Å². The van der Waals surface area contributed by atoms with Crippen LogP contribution in [-0.2, 0) is 4.74 Å². The number of benzene rings is 1. The van der Waals surface area contributed by atoms with Crippen LogP contribution in [0, 0.1) is 0 Å². The lowest BCUT2D eigenvalue weighted by Gasteiger charge is -2.17. The molecule has 0 aliphatic carbocycles. The number of aliphatic hydroxyl groups is 1. The maximum absolute atomic E-state index is 13.1. The summed E-state index contributed by atoms with van der Waals surface area (Å²) in [6.07, 6.45) is 0.472. The molecule has 0 unspecified atom stereocenters. The van der Waals surface area contributed by atoms with Gasteiger partial charge in [-0.3, -0.25) is 10.1 Å². The van der Waals surface area contributed by atoms with E-state index in [0.717, 1.165) is 11.3 Å². The van der Waals surface area contributed by atoms with Crippen LogP contribution in [0.4, 0.5) is 10.9 Å². The van der Waals surface area contributed by atoms with Crippen LogP contribution >= 0.6 is 11.3 Å². The second-order valence-corrected chi connectivity index (χ2v) is 8.57. The van der Waals surface area contributed by atoms with E-state index >= 15 is 0 Å². The quantitative estimate of drug-likeness (QED) is 0.248. The van der Waals surface area contributed by atoms with Crippen LogP contribution in [0.3, 0.4) is 0 Å². The topological polar surface area (TPSA) is 186 Å². The first-order chi connectivity index (χ1) is 18.4. The Morgan fingerprint density at radius 2 is 1.92 bits per heavy atom. The number of nitrogen functional groups attached to an aromatic ring is 1. The van der Waals surface area contributed by atoms with Crippen molar-refractivity contribution >= 4 is 28.2 Å². The molecule has 200 valence electrons. The molecule has 0 bridgehead atoms. The standard InChI is InChI=1S/C23H24N6O8S/c1-33-10-12(30)11-36-19-13(18-14(34-2)5-4-6-15(18)35-3)9-16(37-21(19)32)20(31)26-22-27-28-23(38-22)29-17(24)7-8-25-29/h4-9,12,30H,10-11,24H2,1-3H3,(H,26,27,31)/t12-/m1/s1. The van der Waals surface area contributed by atoms with Gasteiger partial charge in [-0.25, -0.2) is 4.79 Å². The van der Waals surface area contributed by atoms with Crippen molar-refractivity contribution < 1.29 is 33.3 Å². The largest absolute Gasteiger partial charge is 0.496 e. The molecule has 38 heavy (non-hydrogen) atoms. The predicted octanol–water partition coefficient (Wildman–Crippen LogP) is 1.58. The number of anilines is 2. The maximum atomic E-state index is 13.1. The fraction of sp³-hybridized carbons (Fsp3) is 0.261. The average molecular weight is 545 g/mol. The second kappa shape index (κ2) is 11.7. The molecule has 1 aromatic carbocycles. The normalized spacial score (nSPS) is 11.7. The van der Waals surface area contributed by atoms with Crippen LogP contribution in [0.5, 0.6) is 17.2 Å². The highest BCUT2D eigenvalue weighted by atomic mass is 32.1. The van der Waals surface area contributed by atoms with Crippen LogP contribution in [0.25, 0.3) is 16.3 Å². The van der Waals surface area contributed by atoms with Gasteiger partial charge in [-0.2, -0.15) is 9.78 Å². The SMILES string of the molecule is COC[C@@H](O)COc1c(-c2c(OC)cccc2OC)cc(C(=O)Nc2nnc(-n3nccc3N)s2)oc1=O. The van der Waals surface area contributed by atoms with Crippen LogP contribution < -0.4 is 30.9 Å². The highest BCUT2D eigenvalue weighted by Crippen LogP contribution is 2.42. The molecule has 4 N–H and O–H groups in total. The summed E-state index contributed by atoms with van der Waals surface area (Å²) in [5.74, 6) is -0.362. The van der Waals surface area contributed by atoms with Gasteiger partial charge in [0.05, 0.1) is 32.6 Å². The monoisotopic (exact) mass is 544 g/mol. The number of amides is 1. The summed E-state index contributed by atoms with van der Waals surface area (Å²) < 4.78 is 28.1. The summed E-state index contributed by atoms with van der Waals surface area (Å²) in [5.41, 5.74) is 5.35. The third-order valence-corrected chi connectivity index (χ3v) is 5.91. The first-order valence-electron chi connectivity index (χ1n) is 11.0. The zero-order chi connectivity index (χ0) is 27.2. The molecule has 15 heteroatoms. The summed E-state index contributed by atoms with van der Waals surface area (Å²) >= 11 is 1.01. The lowest BCUT2D eigenvalue weighted by atomic mass is 10.0. The number of aromatic nitrogens is 4. The Bertz CT molecular complexity index is 1460. The first kappa shape index (κ1) is 26.6. The predicted molar refractivity (Wildman–Crippen MR) is 136 cm³/mol. The molecule has 1 amide bonds. The third kappa shape index (κ3) is 5.59. The summed E-state index contributed by atoms with van der Waals surface area (Å²) in [5, 5.41) is 24.9. The van der Waals surface area contributed by atoms with Crippen molar-refractivity contribution in [2.24, 2.45) is 0 Å². The van der Waals surface area contributed by atoms with E-state index in [1.165, 1.54) is 38.3 Å². The number of nitrogens with zero attached hydrogens (tertiary/aromatic N) is 4. The van der Waals surface area contributed by atoms with E-state index in [-0.39, 0.29) is 35.4 Å². The van der Waals surface area contributed by atoms with Crippen molar-refractivity contribution in [3.8, 4) is 33.5 Å². The molecule has 0 aliphatic rings. The summed E-state index contributed by atoms with van der Waals surface area (Å²) in [6, 6.07) is 7.89. The van der Waals surface area contributed by atoms with Crippen molar-refractivity contribution in [3.63, 3.8) is 0 Å². The lowest BCUT2D eigenvalue weighted by molar-refractivity contribution is 0.0317. The van der Waals surface area contributed by atoms with Crippen LogP contribution in [0.1, 0.15) is 10.6 Å². The molecule has 0 fully saturated rings. The molecule has 0 saturated heterocycles. The van der Waals surface area contributed by atoms with Gasteiger partial charge in [-0.15, -0.1) is 10.2 Å². The number of hydrogen-bond acceptors (Lipinski definition) is 13. The number of ether oxygens (including phenoxy) is 4. The summed E-state index contributed by atoms with van der Waals surface area (Å²) in [6.45, 7) is -0.300. The molecular weight excluding hydrogens is 520 g/mol. The number of carbonyl (C=O) groups excluding carboxylic acids is 1. The van der Waals surface area contributed by atoms with Crippen molar-refractivity contribution in [1.29, 1.82) is 0 Å².